The largest absolute Gasteiger partial charge is 0.379 e. The molecular formula is C17H18N4O2S2. The minimum atomic E-state index is -0.0554. The molecule has 0 aliphatic carbocycles. The number of hydrogen-bond acceptors (Lipinski definition) is 7. The predicted molar refractivity (Wildman–Crippen MR) is 100 cm³/mol. The molecule has 0 spiro atoms. The number of aromatic nitrogens is 2. The van der Waals surface area contributed by atoms with Gasteiger partial charge in [0.25, 0.3) is 5.91 Å². The normalized spacial score (nSPS) is 17.1. The Morgan fingerprint density at radius 1 is 1.44 bits per heavy atom. The molecule has 8 heteroatoms. The molecule has 6 nitrogen and oxygen atoms in total. The van der Waals surface area contributed by atoms with Crippen LogP contribution in [0.4, 0.5) is 5.82 Å². The molecule has 130 valence electrons. The Hall–Kier alpha value is -2.03. The first kappa shape index (κ1) is 16.4. The fourth-order valence-corrected chi connectivity index (χ4v) is 4.60. The summed E-state index contributed by atoms with van der Waals surface area (Å²) < 4.78 is 5.33. The standard InChI is InChI=1S/C17H18N4O2S2/c1-10-13-15(18-7-12-3-2-6-24-12)19-9-20-17(13)25-14(10)16(22)21-11-4-5-23-8-11/h2-3,6,9,11H,4-5,7-8H2,1H3,(H,21,22)(H,18,19,20). The van der Waals surface area contributed by atoms with Gasteiger partial charge in [0.1, 0.15) is 17.0 Å². The number of ether oxygens (including phenoxy) is 1. The van der Waals surface area contributed by atoms with Gasteiger partial charge in [-0.15, -0.1) is 22.7 Å². The van der Waals surface area contributed by atoms with E-state index in [4.69, 9.17) is 4.74 Å². The van der Waals surface area contributed by atoms with Gasteiger partial charge in [-0.1, -0.05) is 6.07 Å². The molecule has 1 atom stereocenters. The van der Waals surface area contributed by atoms with Gasteiger partial charge in [-0.3, -0.25) is 4.79 Å². The van der Waals surface area contributed by atoms with Crippen LogP contribution in [0.15, 0.2) is 23.8 Å². The molecule has 3 aromatic heterocycles. The number of anilines is 1. The Bertz CT molecular complexity index is 886. The van der Waals surface area contributed by atoms with Gasteiger partial charge in [-0.2, -0.15) is 0 Å². The van der Waals surface area contributed by atoms with Crippen molar-refractivity contribution in [2.75, 3.05) is 18.5 Å². The Balaban J connectivity index is 1.60. The Labute approximate surface area is 153 Å². The van der Waals surface area contributed by atoms with E-state index < -0.39 is 0 Å². The van der Waals surface area contributed by atoms with E-state index in [1.165, 1.54) is 16.2 Å². The zero-order valence-corrected chi connectivity index (χ0v) is 15.4. The first-order valence-corrected chi connectivity index (χ1v) is 9.81. The predicted octanol–water partition coefficient (Wildman–Crippen LogP) is 3.19. The summed E-state index contributed by atoms with van der Waals surface area (Å²) in [4.78, 5) is 24.1. The summed E-state index contributed by atoms with van der Waals surface area (Å²) in [5.41, 5.74) is 0.922. The van der Waals surface area contributed by atoms with Crippen LogP contribution in [0.25, 0.3) is 10.2 Å². The van der Waals surface area contributed by atoms with Crippen molar-refractivity contribution in [3.8, 4) is 0 Å². The van der Waals surface area contributed by atoms with Crippen molar-refractivity contribution in [2.24, 2.45) is 0 Å². The van der Waals surface area contributed by atoms with Crippen LogP contribution in [0.5, 0.6) is 0 Å². The lowest BCUT2D eigenvalue weighted by atomic mass is 10.2. The smallest absolute Gasteiger partial charge is 0.262 e. The molecule has 4 rings (SSSR count). The van der Waals surface area contributed by atoms with E-state index >= 15 is 0 Å². The molecule has 0 saturated carbocycles. The van der Waals surface area contributed by atoms with E-state index in [0.29, 0.717) is 24.6 Å². The topological polar surface area (TPSA) is 76.1 Å². The fraction of sp³-hybridized carbons (Fsp3) is 0.353. The van der Waals surface area contributed by atoms with Crippen molar-refractivity contribution >= 4 is 44.6 Å². The molecule has 1 amide bonds. The highest BCUT2D eigenvalue weighted by atomic mass is 32.1. The third-order valence-electron chi connectivity index (χ3n) is 4.21. The van der Waals surface area contributed by atoms with Gasteiger partial charge in [-0.25, -0.2) is 9.97 Å². The number of aryl methyl sites for hydroxylation is 1. The molecule has 1 unspecified atom stereocenters. The van der Waals surface area contributed by atoms with Crippen LogP contribution in [0, 0.1) is 6.92 Å². The van der Waals surface area contributed by atoms with Gasteiger partial charge < -0.3 is 15.4 Å². The van der Waals surface area contributed by atoms with Crippen molar-refractivity contribution in [3.05, 3.63) is 39.2 Å². The average molecular weight is 374 g/mol. The lowest BCUT2D eigenvalue weighted by Gasteiger charge is -2.10. The lowest BCUT2D eigenvalue weighted by molar-refractivity contribution is 0.0933. The van der Waals surface area contributed by atoms with Crippen LogP contribution < -0.4 is 10.6 Å². The van der Waals surface area contributed by atoms with Crippen molar-refractivity contribution in [3.63, 3.8) is 0 Å². The highest BCUT2D eigenvalue weighted by molar-refractivity contribution is 7.20. The molecule has 1 aliphatic heterocycles. The molecule has 1 saturated heterocycles. The summed E-state index contributed by atoms with van der Waals surface area (Å²) in [5, 5.41) is 9.40. The van der Waals surface area contributed by atoms with Gasteiger partial charge in [0.2, 0.25) is 0 Å². The second-order valence-corrected chi connectivity index (χ2v) is 7.96. The zero-order chi connectivity index (χ0) is 17.2. The molecule has 1 fully saturated rings. The molecule has 4 heterocycles. The average Bonchev–Trinajstić information content (AvgIpc) is 3.35. The minimum absolute atomic E-state index is 0.0554. The van der Waals surface area contributed by atoms with Crippen LogP contribution in [0.3, 0.4) is 0 Å². The van der Waals surface area contributed by atoms with Crippen molar-refractivity contribution in [1.29, 1.82) is 0 Å². The molecule has 2 N–H and O–H groups in total. The van der Waals surface area contributed by atoms with Gasteiger partial charge in [-0.05, 0) is 30.4 Å². The quantitative estimate of drug-likeness (QED) is 0.717. The highest BCUT2D eigenvalue weighted by Crippen LogP contribution is 2.33. The van der Waals surface area contributed by atoms with Crippen molar-refractivity contribution < 1.29 is 9.53 Å². The number of thiophene rings is 2. The monoisotopic (exact) mass is 374 g/mol. The van der Waals surface area contributed by atoms with Crippen LogP contribution in [0.2, 0.25) is 0 Å². The Kier molecular flexibility index (Phi) is 4.65. The zero-order valence-electron chi connectivity index (χ0n) is 13.7. The van der Waals surface area contributed by atoms with E-state index in [0.717, 1.165) is 28.0 Å². The van der Waals surface area contributed by atoms with Crippen molar-refractivity contribution in [2.45, 2.75) is 25.9 Å². The third kappa shape index (κ3) is 3.37. The summed E-state index contributed by atoms with van der Waals surface area (Å²) in [6.45, 7) is 3.96. The molecule has 3 aromatic rings. The Morgan fingerprint density at radius 2 is 2.36 bits per heavy atom. The summed E-state index contributed by atoms with van der Waals surface area (Å²) in [6, 6.07) is 4.21. The molecule has 1 aliphatic rings. The second kappa shape index (κ2) is 7.07. The number of fused-ring (bicyclic) bond motifs is 1. The van der Waals surface area contributed by atoms with Crippen LogP contribution >= 0.6 is 22.7 Å². The maximum atomic E-state index is 12.6. The third-order valence-corrected chi connectivity index (χ3v) is 6.28. The van der Waals surface area contributed by atoms with Crippen LogP contribution in [0.1, 0.15) is 26.5 Å². The minimum Gasteiger partial charge on any atom is -0.379 e. The van der Waals surface area contributed by atoms with E-state index in [9.17, 15) is 4.79 Å². The highest BCUT2D eigenvalue weighted by Gasteiger charge is 2.23. The first-order chi connectivity index (χ1) is 12.2. The summed E-state index contributed by atoms with van der Waals surface area (Å²) >= 11 is 3.11. The number of nitrogens with one attached hydrogen (secondary N) is 2. The fourth-order valence-electron chi connectivity index (χ4n) is 2.91. The number of carbonyl (C=O) groups excluding carboxylic acids is 1. The van der Waals surface area contributed by atoms with E-state index in [1.54, 1.807) is 17.7 Å². The maximum Gasteiger partial charge on any atom is 0.262 e. The number of rotatable bonds is 5. The molecule has 25 heavy (non-hydrogen) atoms. The molecule has 0 aromatic carbocycles. The number of amides is 1. The van der Waals surface area contributed by atoms with Gasteiger partial charge in [0.15, 0.2) is 0 Å². The van der Waals surface area contributed by atoms with Crippen LogP contribution in [-0.2, 0) is 11.3 Å². The number of hydrogen-bond donors (Lipinski definition) is 2. The Morgan fingerprint density at radius 3 is 3.12 bits per heavy atom. The first-order valence-electron chi connectivity index (χ1n) is 8.11. The van der Waals surface area contributed by atoms with Gasteiger partial charge >= 0.3 is 0 Å². The molecule has 0 bridgehead atoms. The SMILES string of the molecule is Cc1c(C(=O)NC2CCOC2)sc2ncnc(NCc3cccs3)c12. The molecular weight excluding hydrogens is 356 g/mol. The summed E-state index contributed by atoms with van der Waals surface area (Å²) in [5.74, 6) is 0.718. The summed E-state index contributed by atoms with van der Waals surface area (Å²) in [6.07, 6.45) is 2.41. The second-order valence-electron chi connectivity index (χ2n) is 5.93. The van der Waals surface area contributed by atoms with Crippen molar-refractivity contribution in [1.82, 2.24) is 15.3 Å². The van der Waals surface area contributed by atoms with E-state index in [1.807, 2.05) is 13.0 Å². The van der Waals surface area contributed by atoms with E-state index in [2.05, 4.69) is 32.0 Å². The number of nitrogens with zero attached hydrogens (tertiary/aromatic N) is 2. The van der Waals surface area contributed by atoms with Gasteiger partial charge in [0, 0.05) is 11.5 Å². The number of carbonyl (C=O) groups is 1. The van der Waals surface area contributed by atoms with Gasteiger partial charge in [0.05, 0.1) is 29.5 Å². The maximum absolute atomic E-state index is 12.6. The van der Waals surface area contributed by atoms with E-state index in [-0.39, 0.29) is 11.9 Å². The molecule has 0 radical (unpaired) electrons. The summed E-state index contributed by atoms with van der Waals surface area (Å²) in [7, 11) is 0. The lowest BCUT2D eigenvalue weighted by Crippen LogP contribution is -2.34. The van der Waals surface area contributed by atoms with Crippen LogP contribution in [-0.4, -0.2) is 35.1 Å².